The van der Waals surface area contributed by atoms with Crippen molar-refractivity contribution in [2.45, 2.75) is 6.92 Å². The molecule has 1 heterocycles. The third kappa shape index (κ3) is 1.01. The Bertz CT molecular complexity index is 74.9. The molecular weight excluding hydrogens is 102 g/mol. The van der Waals surface area contributed by atoms with Gasteiger partial charge in [0.1, 0.15) is 0 Å². The monoisotopic (exact) mass is 115 g/mol. The fraction of sp³-hybridized carbons (Fsp3) is 1.00. The van der Waals surface area contributed by atoms with Gasteiger partial charge in [-0.3, -0.25) is 0 Å². The van der Waals surface area contributed by atoms with Crippen LogP contribution in [-0.4, -0.2) is 24.8 Å². The fourth-order valence-electron chi connectivity index (χ4n) is 1.11. The van der Waals surface area contributed by atoms with Crippen molar-refractivity contribution in [1.29, 1.82) is 0 Å². The van der Waals surface area contributed by atoms with Gasteiger partial charge >= 0.3 is 0 Å². The molecule has 0 aromatic heterocycles. The summed E-state index contributed by atoms with van der Waals surface area (Å²) in [6.07, 6.45) is 0. The van der Waals surface area contributed by atoms with Crippen molar-refractivity contribution in [2.75, 3.05) is 19.7 Å². The lowest BCUT2D eigenvalue weighted by atomic mass is 10.00. The molecule has 1 saturated heterocycles. The molecule has 1 rings (SSSR count). The highest BCUT2D eigenvalue weighted by atomic mass is 16.3. The van der Waals surface area contributed by atoms with Crippen LogP contribution < -0.4 is 5.32 Å². The van der Waals surface area contributed by atoms with E-state index in [1.54, 1.807) is 0 Å². The zero-order chi connectivity index (χ0) is 5.98. The normalized spacial score (nSPS) is 38.2. The smallest absolute Gasteiger partial charge is 0.0474 e. The Morgan fingerprint density at radius 3 is 2.62 bits per heavy atom. The first kappa shape index (κ1) is 6.05. The molecule has 0 aliphatic carbocycles. The van der Waals surface area contributed by atoms with E-state index in [1.165, 1.54) is 0 Å². The lowest BCUT2D eigenvalue weighted by Gasteiger charge is -2.07. The summed E-state index contributed by atoms with van der Waals surface area (Å²) >= 11 is 0. The third-order valence-electron chi connectivity index (χ3n) is 1.91. The van der Waals surface area contributed by atoms with E-state index in [9.17, 15) is 0 Å². The van der Waals surface area contributed by atoms with Gasteiger partial charge in [-0.1, -0.05) is 6.92 Å². The first-order chi connectivity index (χ1) is 3.84. The van der Waals surface area contributed by atoms with Gasteiger partial charge in [0.2, 0.25) is 0 Å². The van der Waals surface area contributed by atoms with Crippen molar-refractivity contribution < 1.29 is 5.11 Å². The Morgan fingerprint density at radius 2 is 2.38 bits per heavy atom. The molecule has 8 heavy (non-hydrogen) atoms. The summed E-state index contributed by atoms with van der Waals surface area (Å²) in [6.45, 7) is 4.58. The Hall–Kier alpha value is -0.0800. The largest absolute Gasteiger partial charge is 0.396 e. The Balaban J connectivity index is 2.30. The lowest BCUT2D eigenvalue weighted by molar-refractivity contribution is 0.212. The van der Waals surface area contributed by atoms with E-state index in [0.29, 0.717) is 18.4 Å². The molecule has 2 nitrogen and oxygen atoms in total. The summed E-state index contributed by atoms with van der Waals surface area (Å²) in [7, 11) is 0. The Kier molecular flexibility index (Phi) is 1.86. The molecule has 0 amide bonds. The van der Waals surface area contributed by atoms with Crippen LogP contribution in [0.4, 0.5) is 0 Å². The van der Waals surface area contributed by atoms with Gasteiger partial charge in [-0.15, -0.1) is 0 Å². The van der Waals surface area contributed by atoms with Gasteiger partial charge in [0, 0.05) is 13.2 Å². The topological polar surface area (TPSA) is 32.3 Å². The molecule has 0 radical (unpaired) electrons. The van der Waals surface area contributed by atoms with Crippen LogP contribution in [0.25, 0.3) is 0 Å². The molecule has 1 aliphatic rings. The SMILES string of the molecule is C[C@@H]1CNC[C@H]1CO. The van der Waals surface area contributed by atoms with Crippen molar-refractivity contribution in [1.82, 2.24) is 5.32 Å². The minimum absolute atomic E-state index is 0.341. The van der Waals surface area contributed by atoms with Gasteiger partial charge in [0.05, 0.1) is 0 Å². The minimum Gasteiger partial charge on any atom is -0.396 e. The van der Waals surface area contributed by atoms with Crippen molar-refractivity contribution in [3.8, 4) is 0 Å². The predicted octanol–water partition coefficient (Wildman–Crippen LogP) is -0.166. The van der Waals surface area contributed by atoms with E-state index in [4.69, 9.17) is 5.11 Å². The molecule has 0 aromatic carbocycles. The highest BCUT2D eigenvalue weighted by Gasteiger charge is 2.21. The maximum absolute atomic E-state index is 8.70. The number of rotatable bonds is 1. The van der Waals surface area contributed by atoms with Crippen molar-refractivity contribution in [3.63, 3.8) is 0 Å². The summed E-state index contributed by atoms with van der Waals surface area (Å²) in [4.78, 5) is 0. The first-order valence-corrected chi connectivity index (χ1v) is 3.16. The number of hydrogen-bond donors (Lipinski definition) is 2. The maximum atomic E-state index is 8.70. The number of aliphatic hydroxyl groups excluding tert-OH is 1. The molecule has 1 aliphatic heterocycles. The first-order valence-electron chi connectivity index (χ1n) is 3.16. The van der Waals surface area contributed by atoms with Crippen LogP contribution in [0.5, 0.6) is 0 Å². The molecule has 0 aromatic rings. The van der Waals surface area contributed by atoms with Crippen LogP contribution >= 0.6 is 0 Å². The van der Waals surface area contributed by atoms with Gasteiger partial charge in [0.15, 0.2) is 0 Å². The second kappa shape index (κ2) is 2.46. The number of hydrogen-bond acceptors (Lipinski definition) is 2. The molecule has 0 unspecified atom stereocenters. The zero-order valence-electron chi connectivity index (χ0n) is 5.22. The van der Waals surface area contributed by atoms with Gasteiger partial charge in [-0.25, -0.2) is 0 Å². The van der Waals surface area contributed by atoms with Crippen molar-refractivity contribution >= 4 is 0 Å². The van der Waals surface area contributed by atoms with Gasteiger partial charge in [0.25, 0.3) is 0 Å². The van der Waals surface area contributed by atoms with E-state index in [1.807, 2.05) is 0 Å². The van der Waals surface area contributed by atoms with Crippen LogP contribution in [0.1, 0.15) is 6.92 Å². The highest BCUT2D eigenvalue weighted by molar-refractivity contribution is 4.76. The average Bonchev–Trinajstić information content (AvgIpc) is 2.14. The summed E-state index contributed by atoms with van der Waals surface area (Å²) in [5, 5.41) is 11.9. The molecule has 1 fully saturated rings. The maximum Gasteiger partial charge on any atom is 0.0474 e. The summed E-state index contributed by atoms with van der Waals surface area (Å²) in [5.74, 6) is 1.18. The molecule has 48 valence electrons. The van der Waals surface area contributed by atoms with Crippen molar-refractivity contribution in [3.05, 3.63) is 0 Å². The molecule has 2 atom stereocenters. The second-order valence-electron chi connectivity index (χ2n) is 2.58. The average molecular weight is 115 g/mol. The van der Waals surface area contributed by atoms with E-state index in [0.717, 1.165) is 13.1 Å². The van der Waals surface area contributed by atoms with Gasteiger partial charge < -0.3 is 10.4 Å². The van der Waals surface area contributed by atoms with Crippen LogP contribution in [0, 0.1) is 11.8 Å². The molecule has 2 N–H and O–H groups in total. The van der Waals surface area contributed by atoms with Crippen LogP contribution in [-0.2, 0) is 0 Å². The fourth-order valence-corrected chi connectivity index (χ4v) is 1.11. The number of aliphatic hydroxyl groups is 1. The summed E-state index contributed by atoms with van der Waals surface area (Å²) in [5.41, 5.74) is 0. The Morgan fingerprint density at radius 1 is 1.62 bits per heavy atom. The quantitative estimate of drug-likeness (QED) is 0.497. The molecule has 2 heteroatoms. The van der Waals surface area contributed by atoms with E-state index >= 15 is 0 Å². The highest BCUT2D eigenvalue weighted by Crippen LogP contribution is 2.13. The lowest BCUT2D eigenvalue weighted by Crippen LogP contribution is -2.13. The van der Waals surface area contributed by atoms with E-state index in [-0.39, 0.29) is 0 Å². The summed E-state index contributed by atoms with van der Waals surface area (Å²) < 4.78 is 0. The zero-order valence-corrected chi connectivity index (χ0v) is 5.22. The standard InChI is InChI=1S/C6H13NO/c1-5-2-7-3-6(5)4-8/h5-8H,2-4H2,1H3/t5-,6+/m1/s1. The Labute approximate surface area is 49.9 Å². The molecule has 0 spiro atoms. The van der Waals surface area contributed by atoms with Gasteiger partial charge in [-0.2, -0.15) is 0 Å². The van der Waals surface area contributed by atoms with Gasteiger partial charge in [-0.05, 0) is 18.4 Å². The van der Waals surface area contributed by atoms with Crippen molar-refractivity contribution in [2.24, 2.45) is 11.8 Å². The number of nitrogens with one attached hydrogen (secondary N) is 1. The molecule has 0 bridgehead atoms. The predicted molar refractivity (Wildman–Crippen MR) is 32.6 cm³/mol. The van der Waals surface area contributed by atoms with E-state index < -0.39 is 0 Å². The van der Waals surface area contributed by atoms with E-state index in [2.05, 4.69) is 12.2 Å². The molecule has 0 saturated carbocycles. The minimum atomic E-state index is 0.341. The molecular formula is C6H13NO. The second-order valence-corrected chi connectivity index (χ2v) is 2.58. The summed E-state index contributed by atoms with van der Waals surface area (Å²) in [6, 6.07) is 0. The third-order valence-corrected chi connectivity index (χ3v) is 1.91. The van der Waals surface area contributed by atoms with Crippen LogP contribution in [0.3, 0.4) is 0 Å². The van der Waals surface area contributed by atoms with Crippen LogP contribution in [0.2, 0.25) is 0 Å². The van der Waals surface area contributed by atoms with Crippen LogP contribution in [0.15, 0.2) is 0 Å².